The van der Waals surface area contributed by atoms with Crippen LogP contribution in [0.1, 0.15) is 93.9 Å². The Bertz CT molecular complexity index is 1790. The molecule has 340 valence electrons. The van der Waals surface area contributed by atoms with Crippen molar-refractivity contribution in [3.05, 3.63) is 42.9 Å². The number of methoxy groups -OCH3 is 1. The van der Waals surface area contributed by atoms with Crippen LogP contribution in [0.15, 0.2) is 42.9 Å². The number of aryl methyl sites for hydroxylation is 1. The summed E-state index contributed by atoms with van der Waals surface area (Å²) in [5.41, 5.74) is 3.00. The number of carbonyl (C=O) groups is 3. The lowest BCUT2D eigenvalue weighted by Crippen LogP contribution is -2.63. The Hall–Kier alpha value is -3.44. The summed E-state index contributed by atoms with van der Waals surface area (Å²) in [4.78, 5) is 49.3. The second-order valence-electron chi connectivity index (χ2n) is 18.9. The number of esters is 1. The van der Waals surface area contributed by atoms with E-state index in [1.165, 1.54) is 0 Å². The van der Waals surface area contributed by atoms with Crippen LogP contribution in [0, 0.1) is 23.7 Å². The number of nitrogens with zero attached hydrogens (tertiary/aromatic N) is 4. The highest BCUT2D eigenvalue weighted by Crippen LogP contribution is 2.44. The van der Waals surface area contributed by atoms with Gasteiger partial charge in [-0.1, -0.05) is 58.0 Å². The van der Waals surface area contributed by atoms with E-state index in [1.54, 1.807) is 26.0 Å². The zero-order valence-corrected chi connectivity index (χ0v) is 38.2. The molecule has 4 heterocycles. The molecule has 2 aromatic rings. The molecule has 4 aliphatic rings. The highest BCUT2D eigenvalue weighted by molar-refractivity contribution is 6.00. The number of hydrazine groups is 1. The van der Waals surface area contributed by atoms with Gasteiger partial charge in [-0.25, -0.2) is 20.2 Å². The zero-order valence-electron chi connectivity index (χ0n) is 38.2. The molecule has 1 unspecified atom stereocenters. The first-order valence-electron chi connectivity index (χ1n) is 22.5. The van der Waals surface area contributed by atoms with Crippen molar-refractivity contribution in [3.63, 3.8) is 0 Å². The maximum Gasteiger partial charge on any atom is 0.425 e. The van der Waals surface area contributed by atoms with E-state index in [4.69, 9.17) is 23.7 Å². The predicted molar refractivity (Wildman–Crippen MR) is 230 cm³/mol. The number of aliphatic hydroxyl groups is 1. The van der Waals surface area contributed by atoms with Gasteiger partial charge in [0, 0.05) is 56.0 Å². The Balaban J connectivity index is 1.32. The molecule has 14 atom stereocenters. The second-order valence-corrected chi connectivity index (χ2v) is 18.9. The van der Waals surface area contributed by atoms with Gasteiger partial charge < -0.3 is 43.6 Å². The van der Waals surface area contributed by atoms with Crippen LogP contribution in [0.25, 0.3) is 11.3 Å². The molecule has 3 saturated heterocycles. The summed E-state index contributed by atoms with van der Waals surface area (Å²) in [6, 6.07) is 9.33. The van der Waals surface area contributed by atoms with Crippen molar-refractivity contribution in [1.82, 2.24) is 30.2 Å². The van der Waals surface area contributed by atoms with E-state index in [2.05, 4.69) is 29.6 Å². The molecule has 1 amide bonds. The Morgan fingerprint density at radius 1 is 1.05 bits per heavy atom. The van der Waals surface area contributed by atoms with Crippen molar-refractivity contribution < 1.29 is 43.2 Å². The molecule has 3 aliphatic heterocycles. The number of nitrogens with one attached hydrogen (secondary N) is 2. The molecule has 0 radical (unpaired) electrons. The number of carbonyl (C=O) groups excluding carboxylic acids is 3. The summed E-state index contributed by atoms with van der Waals surface area (Å²) in [6.45, 7) is 16.4. The van der Waals surface area contributed by atoms with Crippen LogP contribution in [0.3, 0.4) is 0 Å². The Morgan fingerprint density at radius 2 is 1.75 bits per heavy atom. The van der Waals surface area contributed by atoms with Gasteiger partial charge in [-0.2, -0.15) is 0 Å². The number of rotatable bonds is 13. The zero-order chi connectivity index (χ0) is 44.4. The number of Topliss-reactive ketones (excluding diaryl/α,β-unsaturated/α-hetero) is 1. The molecule has 61 heavy (non-hydrogen) atoms. The molecule has 1 saturated carbocycles. The molecule has 1 aromatic heterocycles. The summed E-state index contributed by atoms with van der Waals surface area (Å²) in [5.74, 6) is -3.46. The number of aromatic nitrogens is 2. The fourth-order valence-electron chi connectivity index (χ4n) is 10.3. The number of likely N-dealkylation sites (N-methyl/N-ethyl adjacent to an activating group) is 1. The SMILES string of the molecule is CC[C@H]1OC(=O)[C@H](C)C(=O)[C@H](C)[C@@H](O[C@@H]2O[C@H](C)C[C@H](N(C)C)[C@H]2O)[C@@](C)(OC)C[C@@H](C)C(NC2CC2)[C@H](C)[C@H]2N(NCCCn3cnc(-c4ccccc4)c3)C(=O)O[C@]12C. The smallest absolute Gasteiger partial charge is 0.425 e. The number of fused-ring (bicyclic) bond motifs is 1. The molecule has 6 rings (SSSR count). The topological polar surface area (TPSA) is 166 Å². The maximum absolute atomic E-state index is 14.5. The predicted octanol–water partition coefficient (Wildman–Crippen LogP) is 5.20. The van der Waals surface area contributed by atoms with E-state index >= 15 is 0 Å². The van der Waals surface area contributed by atoms with Crippen LogP contribution in [0.5, 0.6) is 0 Å². The summed E-state index contributed by atoms with van der Waals surface area (Å²) < 4.78 is 34.1. The standard InChI is InChI=1S/C46H72N6O9/c1-12-36-46(8)40(52(44(56)61-46)48-21-16-22-51-25-34(47-26-51)32-17-14-13-15-18-32)29(4)37(49-33-19-20-33)27(2)24-45(7,57-11)41(30(5)38(53)31(6)42(55)59-36)60-43-39(54)35(50(9)10)23-28(3)58-43/h13-15,17-18,25-31,33,35-37,39-41,43,48-49,54H,12,16,19-24H2,1-11H3/t27-,28-,29+,30+,31-,35+,36-,37?,39-,40-,41-,43+,45+,46-/m1/s1. The maximum atomic E-state index is 14.5. The van der Waals surface area contributed by atoms with Crippen LogP contribution in [0.4, 0.5) is 4.79 Å². The Kier molecular flexibility index (Phi) is 15.1. The minimum atomic E-state index is -1.27. The minimum Gasteiger partial charge on any atom is -0.458 e. The van der Waals surface area contributed by atoms with Crippen molar-refractivity contribution in [1.29, 1.82) is 0 Å². The first kappa shape index (κ1) is 47.0. The Labute approximate surface area is 362 Å². The largest absolute Gasteiger partial charge is 0.458 e. The van der Waals surface area contributed by atoms with Crippen LogP contribution >= 0.6 is 0 Å². The summed E-state index contributed by atoms with van der Waals surface area (Å²) in [5, 5.41) is 17.1. The molecule has 4 fully saturated rings. The lowest BCUT2D eigenvalue weighted by atomic mass is 9.71. The van der Waals surface area contributed by atoms with Gasteiger partial charge in [0.1, 0.15) is 18.1 Å². The monoisotopic (exact) mass is 853 g/mol. The van der Waals surface area contributed by atoms with Gasteiger partial charge in [0.25, 0.3) is 0 Å². The van der Waals surface area contributed by atoms with Gasteiger partial charge in [0.05, 0.1) is 35.9 Å². The molecular formula is C46H72N6O9. The summed E-state index contributed by atoms with van der Waals surface area (Å²) in [6.07, 6.45) is 3.40. The first-order chi connectivity index (χ1) is 28.9. The van der Waals surface area contributed by atoms with Gasteiger partial charge in [0.15, 0.2) is 17.7 Å². The molecule has 15 heteroatoms. The van der Waals surface area contributed by atoms with E-state index in [9.17, 15) is 19.5 Å². The number of benzene rings is 1. The fraction of sp³-hybridized carbons (Fsp3) is 0.739. The van der Waals surface area contributed by atoms with E-state index in [0.29, 0.717) is 44.8 Å². The first-order valence-corrected chi connectivity index (χ1v) is 22.5. The number of hydrogen-bond acceptors (Lipinski definition) is 13. The number of imidazole rings is 1. The van der Waals surface area contributed by atoms with E-state index in [-0.39, 0.29) is 35.8 Å². The molecule has 3 N–H and O–H groups in total. The number of cyclic esters (lactones) is 1. The lowest BCUT2D eigenvalue weighted by molar-refractivity contribution is -0.295. The third kappa shape index (κ3) is 10.2. The number of ether oxygens (including phenoxy) is 5. The van der Waals surface area contributed by atoms with Crippen molar-refractivity contribution in [2.75, 3.05) is 27.7 Å². The summed E-state index contributed by atoms with van der Waals surface area (Å²) >= 11 is 0. The van der Waals surface area contributed by atoms with Crippen molar-refractivity contribution >= 4 is 17.8 Å². The molecular weight excluding hydrogens is 781 g/mol. The van der Waals surface area contributed by atoms with E-state index < -0.39 is 65.7 Å². The van der Waals surface area contributed by atoms with Gasteiger partial charge in [-0.05, 0) is 92.2 Å². The van der Waals surface area contributed by atoms with Gasteiger partial charge >= 0.3 is 12.1 Å². The van der Waals surface area contributed by atoms with Crippen LogP contribution in [-0.4, -0.2) is 136 Å². The molecule has 0 spiro atoms. The quantitative estimate of drug-likeness (QED) is 0.137. The number of amides is 1. The molecule has 1 aliphatic carbocycles. The third-order valence-corrected chi connectivity index (χ3v) is 13.9. The third-order valence-electron chi connectivity index (χ3n) is 13.9. The van der Waals surface area contributed by atoms with E-state index in [1.807, 2.05) is 94.1 Å². The van der Waals surface area contributed by atoms with E-state index in [0.717, 1.165) is 24.1 Å². The molecule has 15 nitrogen and oxygen atoms in total. The number of hydrogen-bond donors (Lipinski definition) is 3. The van der Waals surface area contributed by atoms with Gasteiger partial charge in [-0.15, -0.1) is 0 Å². The van der Waals surface area contributed by atoms with Crippen molar-refractivity contribution in [2.24, 2.45) is 23.7 Å². The Morgan fingerprint density at radius 3 is 2.39 bits per heavy atom. The lowest BCUT2D eigenvalue weighted by Gasteiger charge is -2.48. The summed E-state index contributed by atoms with van der Waals surface area (Å²) in [7, 11) is 5.44. The van der Waals surface area contributed by atoms with Crippen molar-refractivity contribution in [3.8, 4) is 11.3 Å². The number of aliphatic hydroxyl groups excluding tert-OH is 1. The highest BCUT2D eigenvalue weighted by Gasteiger charge is 2.61. The van der Waals surface area contributed by atoms with Crippen molar-refractivity contribution in [2.45, 2.75) is 167 Å². The normalized spacial score (nSPS) is 37.9. The molecule has 0 bridgehead atoms. The van der Waals surface area contributed by atoms with Crippen LogP contribution < -0.4 is 10.7 Å². The highest BCUT2D eigenvalue weighted by atomic mass is 16.7. The molecule has 1 aromatic carbocycles. The van der Waals surface area contributed by atoms with Gasteiger partial charge in [-0.3, -0.25) is 9.59 Å². The van der Waals surface area contributed by atoms with Crippen LogP contribution in [-0.2, 0) is 39.8 Å². The average Bonchev–Trinajstić information content (AvgIpc) is 3.87. The fourth-order valence-corrected chi connectivity index (χ4v) is 10.3. The number of ketones is 1. The minimum absolute atomic E-state index is 0.0931. The van der Waals surface area contributed by atoms with Gasteiger partial charge in [0.2, 0.25) is 0 Å². The average molecular weight is 853 g/mol. The van der Waals surface area contributed by atoms with Crippen LogP contribution in [0.2, 0.25) is 0 Å². The second kappa shape index (κ2) is 19.5.